The van der Waals surface area contributed by atoms with Crippen LogP contribution in [0, 0.1) is 0 Å². The third kappa shape index (κ3) is 3.47. The number of imide groups is 1. The number of esters is 1. The van der Waals surface area contributed by atoms with Gasteiger partial charge in [0.1, 0.15) is 6.04 Å². The van der Waals surface area contributed by atoms with E-state index in [0.717, 1.165) is 9.91 Å². The minimum Gasteiger partial charge on any atom is -0.461 e. The first-order chi connectivity index (χ1) is 14.8. The lowest BCUT2D eigenvalue weighted by Gasteiger charge is -2.43. The molecule has 0 saturated carbocycles. The van der Waals surface area contributed by atoms with Gasteiger partial charge in [0, 0.05) is 13.0 Å². The molecule has 1 aromatic carbocycles. The maximum absolute atomic E-state index is 13.6. The van der Waals surface area contributed by atoms with Gasteiger partial charge in [0.15, 0.2) is 6.04 Å². The van der Waals surface area contributed by atoms with Gasteiger partial charge in [-0.15, -0.1) is 0 Å². The Balaban J connectivity index is 1.67. The molecule has 9 heteroatoms. The van der Waals surface area contributed by atoms with Crippen molar-refractivity contribution in [1.29, 1.82) is 0 Å². The molecule has 31 heavy (non-hydrogen) atoms. The highest BCUT2D eigenvalue weighted by Gasteiger charge is 2.50. The lowest BCUT2D eigenvalue weighted by atomic mass is 10.1. The Morgan fingerprint density at radius 2 is 1.74 bits per heavy atom. The van der Waals surface area contributed by atoms with E-state index in [-0.39, 0.29) is 36.0 Å². The number of amides is 4. The molecule has 3 aliphatic rings. The summed E-state index contributed by atoms with van der Waals surface area (Å²) in [6.45, 7) is 3.94. The van der Waals surface area contributed by atoms with E-state index < -0.39 is 35.8 Å². The minimum absolute atomic E-state index is 0.00651. The molecule has 2 fully saturated rings. The van der Waals surface area contributed by atoms with Crippen LogP contribution in [0.5, 0.6) is 0 Å². The van der Waals surface area contributed by atoms with Crippen molar-refractivity contribution in [1.82, 2.24) is 14.9 Å². The Morgan fingerprint density at radius 3 is 2.35 bits per heavy atom. The summed E-state index contributed by atoms with van der Waals surface area (Å²) >= 11 is 0. The molecule has 4 amide bonds. The number of hydrazine groups is 1. The summed E-state index contributed by atoms with van der Waals surface area (Å²) in [5, 5.41) is 2.42. The summed E-state index contributed by atoms with van der Waals surface area (Å²) in [5.74, 6) is -2.62. The molecular weight excluding hydrogens is 402 g/mol. The number of carbonyl (C=O) groups excluding carboxylic acids is 5. The quantitative estimate of drug-likeness (QED) is 0.533. The van der Waals surface area contributed by atoms with Gasteiger partial charge in [0.25, 0.3) is 17.7 Å². The summed E-state index contributed by atoms with van der Waals surface area (Å²) in [7, 11) is 0. The molecule has 0 aliphatic carbocycles. The van der Waals surface area contributed by atoms with Gasteiger partial charge in [-0.05, 0) is 44.7 Å². The molecule has 3 aliphatic heterocycles. The smallest absolute Gasteiger partial charge is 0.331 e. The van der Waals surface area contributed by atoms with Crippen LogP contribution < -0.4 is 0 Å². The molecule has 0 aromatic heterocycles. The monoisotopic (exact) mass is 427 g/mol. The molecule has 0 spiro atoms. The van der Waals surface area contributed by atoms with Crippen molar-refractivity contribution < 1.29 is 28.7 Å². The zero-order chi connectivity index (χ0) is 22.3. The molecule has 2 saturated heterocycles. The maximum atomic E-state index is 13.6. The van der Waals surface area contributed by atoms with E-state index in [1.54, 1.807) is 31.2 Å². The van der Waals surface area contributed by atoms with Crippen LogP contribution in [0.3, 0.4) is 0 Å². The third-order valence-corrected chi connectivity index (χ3v) is 6.13. The first-order valence-electron chi connectivity index (χ1n) is 10.7. The average Bonchev–Trinajstić information content (AvgIpc) is 2.95. The van der Waals surface area contributed by atoms with Crippen molar-refractivity contribution in [3.05, 3.63) is 35.4 Å². The average molecular weight is 427 g/mol. The van der Waals surface area contributed by atoms with Gasteiger partial charge in [-0.2, -0.15) is 0 Å². The van der Waals surface area contributed by atoms with Gasteiger partial charge in [-0.25, -0.2) is 9.80 Å². The molecule has 0 bridgehead atoms. The van der Waals surface area contributed by atoms with Crippen molar-refractivity contribution >= 4 is 29.6 Å². The standard InChI is InChI=1S/C22H25N3O6/c1-3-13(2)31-22(30)17-9-6-12-23-18(26)11-10-16(21(29)25(17)23)24-19(27)14-7-4-5-8-15(14)20(24)28/h4-5,7-8,13,16-17H,3,6,9-12H2,1-2H3/t13?,16?,17-/m0/s1. The molecule has 9 nitrogen and oxygen atoms in total. The second-order valence-corrected chi connectivity index (χ2v) is 8.09. The molecule has 4 rings (SSSR count). The first kappa shape index (κ1) is 21.0. The topological polar surface area (TPSA) is 104 Å². The van der Waals surface area contributed by atoms with Gasteiger partial charge < -0.3 is 4.74 Å². The predicted molar refractivity (Wildman–Crippen MR) is 107 cm³/mol. The highest BCUT2D eigenvalue weighted by molar-refractivity contribution is 6.23. The summed E-state index contributed by atoms with van der Waals surface area (Å²) in [6, 6.07) is 4.27. The van der Waals surface area contributed by atoms with E-state index in [4.69, 9.17) is 4.74 Å². The molecule has 3 atom stereocenters. The molecule has 2 unspecified atom stereocenters. The molecule has 0 radical (unpaired) electrons. The van der Waals surface area contributed by atoms with Gasteiger partial charge in [-0.1, -0.05) is 19.1 Å². The summed E-state index contributed by atoms with van der Waals surface area (Å²) in [4.78, 5) is 66.0. The van der Waals surface area contributed by atoms with E-state index in [1.807, 2.05) is 6.92 Å². The van der Waals surface area contributed by atoms with E-state index in [9.17, 15) is 24.0 Å². The predicted octanol–water partition coefficient (Wildman–Crippen LogP) is 1.52. The molecule has 1 aromatic rings. The van der Waals surface area contributed by atoms with Gasteiger partial charge in [0.05, 0.1) is 17.2 Å². The Morgan fingerprint density at radius 1 is 1.10 bits per heavy atom. The third-order valence-electron chi connectivity index (χ3n) is 6.13. The number of rotatable bonds is 4. The molecular formula is C22H25N3O6. The van der Waals surface area contributed by atoms with Crippen molar-refractivity contribution in [3.63, 3.8) is 0 Å². The van der Waals surface area contributed by atoms with E-state index in [1.165, 1.54) is 5.01 Å². The van der Waals surface area contributed by atoms with Crippen LogP contribution in [0.25, 0.3) is 0 Å². The number of hydrogen-bond acceptors (Lipinski definition) is 6. The zero-order valence-corrected chi connectivity index (χ0v) is 17.6. The van der Waals surface area contributed by atoms with Crippen LogP contribution in [0.1, 0.15) is 66.7 Å². The van der Waals surface area contributed by atoms with Gasteiger partial charge in [0.2, 0.25) is 5.91 Å². The van der Waals surface area contributed by atoms with Crippen LogP contribution in [0.4, 0.5) is 0 Å². The Hall–Kier alpha value is -3.23. The van der Waals surface area contributed by atoms with Crippen molar-refractivity contribution in [2.24, 2.45) is 0 Å². The number of fused-ring (bicyclic) bond motifs is 2. The largest absolute Gasteiger partial charge is 0.461 e. The van der Waals surface area contributed by atoms with E-state index in [0.29, 0.717) is 25.8 Å². The fourth-order valence-corrected chi connectivity index (χ4v) is 4.32. The van der Waals surface area contributed by atoms with Gasteiger partial charge in [-0.3, -0.25) is 29.1 Å². The normalized spacial score (nSPS) is 24.6. The SMILES string of the molecule is CCC(C)OC(=O)[C@@H]1CCCN2C(=O)CCC(N3C(=O)c4ccccc4C3=O)C(=O)N12. The minimum atomic E-state index is -1.15. The second-order valence-electron chi connectivity index (χ2n) is 8.09. The number of carbonyl (C=O) groups is 5. The summed E-state index contributed by atoms with van der Waals surface area (Å²) < 4.78 is 5.45. The fourth-order valence-electron chi connectivity index (χ4n) is 4.32. The lowest BCUT2D eigenvalue weighted by molar-refractivity contribution is -0.185. The highest BCUT2D eigenvalue weighted by Crippen LogP contribution is 2.32. The number of nitrogens with zero attached hydrogens (tertiary/aromatic N) is 3. The second kappa shape index (κ2) is 8.13. The number of ether oxygens (including phenoxy) is 1. The number of benzene rings is 1. The van der Waals surface area contributed by atoms with Crippen LogP contribution in [-0.2, 0) is 19.1 Å². The van der Waals surface area contributed by atoms with Gasteiger partial charge >= 0.3 is 5.97 Å². The molecule has 164 valence electrons. The van der Waals surface area contributed by atoms with Crippen molar-refractivity contribution in [2.75, 3.05) is 6.54 Å². The van der Waals surface area contributed by atoms with E-state index >= 15 is 0 Å². The van der Waals surface area contributed by atoms with Crippen LogP contribution in [0.2, 0.25) is 0 Å². The highest BCUT2D eigenvalue weighted by atomic mass is 16.5. The van der Waals surface area contributed by atoms with Crippen LogP contribution >= 0.6 is 0 Å². The van der Waals surface area contributed by atoms with Crippen LogP contribution in [-0.4, -0.2) is 69.2 Å². The molecule has 0 N–H and O–H groups in total. The van der Waals surface area contributed by atoms with Crippen LogP contribution in [0.15, 0.2) is 24.3 Å². The Labute approximate surface area is 179 Å². The maximum Gasteiger partial charge on any atom is 0.331 e. The van der Waals surface area contributed by atoms with Crippen molar-refractivity contribution in [3.8, 4) is 0 Å². The van der Waals surface area contributed by atoms with E-state index in [2.05, 4.69) is 0 Å². The van der Waals surface area contributed by atoms with Crippen molar-refractivity contribution in [2.45, 2.75) is 64.1 Å². The zero-order valence-electron chi connectivity index (χ0n) is 17.6. The number of hydrogen-bond donors (Lipinski definition) is 0. The molecule has 3 heterocycles. The first-order valence-corrected chi connectivity index (χ1v) is 10.7. The summed E-state index contributed by atoms with van der Waals surface area (Å²) in [5.41, 5.74) is 0.471. The Bertz CT molecular complexity index is 925. The fraction of sp³-hybridized carbons (Fsp3) is 0.500. The summed E-state index contributed by atoms with van der Waals surface area (Å²) in [6.07, 6.45) is 1.20. The lowest BCUT2D eigenvalue weighted by Crippen LogP contribution is -2.63. The Kier molecular flexibility index (Phi) is 5.51.